The van der Waals surface area contributed by atoms with Crippen molar-refractivity contribution in [3.63, 3.8) is 0 Å². The molecule has 0 aliphatic carbocycles. The van der Waals surface area contributed by atoms with E-state index < -0.39 is 5.97 Å². The third-order valence-electron chi connectivity index (χ3n) is 2.03. The highest BCUT2D eigenvalue weighted by Crippen LogP contribution is 2.21. The molecule has 82 valence electrons. The molecule has 0 bridgehead atoms. The van der Waals surface area contributed by atoms with Crippen LogP contribution in [0, 0.1) is 0 Å². The second kappa shape index (κ2) is 3.94. The van der Waals surface area contributed by atoms with Crippen molar-refractivity contribution in [2.75, 3.05) is 0 Å². The van der Waals surface area contributed by atoms with Crippen LogP contribution in [0.2, 0.25) is 5.02 Å². The van der Waals surface area contributed by atoms with Crippen LogP contribution in [-0.4, -0.2) is 25.8 Å². The summed E-state index contributed by atoms with van der Waals surface area (Å²) in [5.41, 5.74) is 0.999. The van der Waals surface area contributed by atoms with Gasteiger partial charge in [-0.2, -0.15) is 5.10 Å². The molecule has 0 unspecified atom stereocenters. The van der Waals surface area contributed by atoms with Crippen molar-refractivity contribution >= 4 is 17.6 Å². The van der Waals surface area contributed by atoms with E-state index in [1.54, 1.807) is 25.4 Å². The molecular weight excluding hydrogens is 230 g/mol. The fraction of sp³-hybridized carbons (Fsp3) is 0.100. The van der Waals surface area contributed by atoms with Gasteiger partial charge in [0.25, 0.3) is 0 Å². The summed E-state index contributed by atoms with van der Waals surface area (Å²) < 4.78 is 1.44. The number of rotatable bonds is 2. The molecule has 0 aliphatic rings. The largest absolute Gasteiger partial charge is 0.476 e. The third-order valence-corrected chi connectivity index (χ3v) is 2.26. The molecule has 2 rings (SSSR count). The van der Waals surface area contributed by atoms with E-state index in [1.165, 1.54) is 10.9 Å². The zero-order valence-corrected chi connectivity index (χ0v) is 9.14. The molecule has 0 spiro atoms. The SMILES string of the molecule is Cn1cc(-c2ccc(Cl)cn2)c(C(=O)O)n1. The van der Waals surface area contributed by atoms with Crippen LogP contribution in [0.25, 0.3) is 11.3 Å². The monoisotopic (exact) mass is 237 g/mol. The van der Waals surface area contributed by atoms with Crippen molar-refractivity contribution in [2.45, 2.75) is 0 Å². The van der Waals surface area contributed by atoms with Gasteiger partial charge in [0.2, 0.25) is 0 Å². The maximum atomic E-state index is 10.9. The van der Waals surface area contributed by atoms with Crippen LogP contribution in [0.15, 0.2) is 24.5 Å². The fourth-order valence-electron chi connectivity index (χ4n) is 1.37. The molecule has 2 aromatic heterocycles. The quantitative estimate of drug-likeness (QED) is 0.865. The number of carboxylic acid groups (broad SMARTS) is 1. The Morgan fingerprint density at radius 3 is 2.81 bits per heavy atom. The molecule has 16 heavy (non-hydrogen) atoms. The van der Waals surface area contributed by atoms with E-state index in [9.17, 15) is 4.79 Å². The Morgan fingerprint density at radius 2 is 2.25 bits per heavy atom. The summed E-state index contributed by atoms with van der Waals surface area (Å²) in [4.78, 5) is 15.0. The molecular formula is C10H8ClN3O2. The van der Waals surface area contributed by atoms with E-state index in [2.05, 4.69) is 10.1 Å². The van der Waals surface area contributed by atoms with Gasteiger partial charge in [-0.3, -0.25) is 9.67 Å². The van der Waals surface area contributed by atoms with Gasteiger partial charge in [-0.25, -0.2) is 4.79 Å². The molecule has 0 aromatic carbocycles. The first kappa shape index (κ1) is 10.6. The Bertz CT molecular complexity index is 533. The first-order chi connectivity index (χ1) is 7.58. The van der Waals surface area contributed by atoms with Gasteiger partial charge in [0, 0.05) is 19.4 Å². The van der Waals surface area contributed by atoms with E-state index >= 15 is 0 Å². The van der Waals surface area contributed by atoms with Gasteiger partial charge in [0.1, 0.15) is 0 Å². The number of carboxylic acids is 1. The number of carbonyl (C=O) groups is 1. The zero-order chi connectivity index (χ0) is 11.7. The lowest BCUT2D eigenvalue weighted by molar-refractivity contribution is 0.0690. The molecule has 0 fully saturated rings. The number of hydrogen-bond donors (Lipinski definition) is 1. The number of halogens is 1. The highest BCUT2D eigenvalue weighted by Gasteiger charge is 2.16. The molecule has 5 nitrogen and oxygen atoms in total. The smallest absolute Gasteiger partial charge is 0.357 e. The van der Waals surface area contributed by atoms with Crippen molar-refractivity contribution < 1.29 is 9.90 Å². The van der Waals surface area contributed by atoms with E-state index in [4.69, 9.17) is 16.7 Å². The van der Waals surface area contributed by atoms with Gasteiger partial charge in [0.15, 0.2) is 5.69 Å². The van der Waals surface area contributed by atoms with Crippen LogP contribution < -0.4 is 0 Å². The number of nitrogens with zero attached hydrogens (tertiary/aromatic N) is 3. The van der Waals surface area contributed by atoms with Gasteiger partial charge >= 0.3 is 5.97 Å². The Hall–Kier alpha value is -1.88. The summed E-state index contributed by atoms with van der Waals surface area (Å²) in [5.74, 6) is -1.08. The second-order valence-corrected chi connectivity index (χ2v) is 3.67. The molecule has 2 heterocycles. The van der Waals surface area contributed by atoms with E-state index in [-0.39, 0.29) is 5.69 Å². The molecule has 0 radical (unpaired) electrons. The summed E-state index contributed by atoms with van der Waals surface area (Å²) >= 11 is 5.71. The highest BCUT2D eigenvalue weighted by molar-refractivity contribution is 6.30. The molecule has 0 amide bonds. The molecule has 1 N–H and O–H groups in total. The van der Waals surface area contributed by atoms with Crippen LogP contribution in [0.3, 0.4) is 0 Å². The summed E-state index contributed by atoms with van der Waals surface area (Å²) in [7, 11) is 1.66. The molecule has 0 atom stereocenters. The lowest BCUT2D eigenvalue weighted by Crippen LogP contribution is -2.00. The molecule has 0 saturated heterocycles. The minimum atomic E-state index is -1.08. The zero-order valence-electron chi connectivity index (χ0n) is 8.38. The first-order valence-electron chi connectivity index (χ1n) is 4.47. The van der Waals surface area contributed by atoms with Crippen LogP contribution >= 0.6 is 11.6 Å². The summed E-state index contributed by atoms with van der Waals surface area (Å²) in [6, 6.07) is 3.31. The molecule has 0 saturated carbocycles. The van der Waals surface area contributed by atoms with Crippen LogP contribution in [0.4, 0.5) is 0 Å². The summed E-state index contributed by atoms with van der Waals surface area (Å²) in [6.45, 7) is 0. The van der Waals surface area contributed by atoms with Crippen LogP contribution in [0.1, 0.15) is 10.5 Å². The van der Waals surface area contributed by atoms with E-state index in [0.717, 1.165) is 0 Å². The number of aromatic nitrogens is 3. The van der Waals surface area contributed by atoms with E-state index in [1.807, 2.05) is 0 Å². The van der Waals surface area contributed by atoms with Crippen molar-refractivity contribution in [3.05, 3.63) is 35.2 Å². The van der Waals surface area contributed by atoms with Crippen LogP contribution in [-0.2, 0) is 7.05 Å². The number of aromatic carboxylic acids is 1. The topological polar surface area (TPSA) is 68.0 Å². The van der Waals surface area contributed by atoms with Crippen molar-refractivity contribution in [1.82, 2.24) is 14.8 Å². The van der Waals surface area contributed by atoms with Gasteiger partial charge in [0.05, 0.1) is 16.3 Å². The number of pyridine rings is 1. The van der Waals surface area contributed by atoms with Crippen molar-refractivity contribution in [2.24, 2.45) is 7.05 Å². The number of hydrogen-bond acceptors (Lipinski definition) is 3. The lowest BCUT2D eigenvalue weighted by atomic mass is 10.1. The fourth-order valence-corrected chi connectivity index (χ4v) is 1.48. The highest BCUT2D eigenvalue weighted by atomic mass is 35.5. The lowest BCUT2D eigenvalue weighted by Gasteiger charge is -1.97. The minimum absolute atomic E-state index is 0.0164. The van der Waals surface area contributed by atoms with Gasteiger partial charge in [-0.1, -0.05) is 11.6 Å². The van der Waals surface area contributed by atoms with Gasteiger partial charge < -0.3 is 5.11 Å². The van der Waals surface area contributed by atoms with Crippen LogP contribution in [0.5, 0.6) is 0 Å². The van der Waals surface area contributed by atoms with Gasteiger partial charge in [-0.15, -0.1) is 0 Å². The first-order valence-corrected chi connectivity index (χ1v) is 4.84. The maximum absolute atomic E-state index is 10.9. The minimum Gasteiger partial charge on any atom is -0.476 e. The standard InChI is InChI=1S/C10H8ClN3O2/c1-14-5-7(9(13-14)10(15)16)8-3-2-6(11)4-12-8/h2-5H,1H3,(H,15,16). The Labute approximate surface area is 96.3 Å². The van der Waals surface area contributed by atoms with E-state index in [0.29, 0.717) is 16.3 Å². The third kappa shape index (κ3) is 1.90. The predicted octanol–water partition coefficient (Wildman–Crippen LogP) is 1.83. The molecule has 6 heteroatoms. The number of aryl methyl sites for hydroxylation is 1. The average Bonchev–Trinajstić information content (AvgIpc) is 2.61. The Morgan fingerprint density at radius 1 is 1.50 bits per heavy atom. The predicted molar refractivity (Wildman–Crippen MR) is 58.4 cm³/mol. The summed E-state index contributed by atoms with van der Waals surface area (Å²) in [5, 5.41) is 13.3. The Balaban J connectivity index is 2.55. The average molecular weight is 238 g/mol. The Kier molecular flexibility index (Phi) is 2.62. The second-order valence-electron chi connectivity index (χ2n) is 3.23. The molecule has 2 aromatic rings. The summed E-state index contributed by atoms with van der Waals surface area (Å²) in [6.07, 6.45) is 3.08. The van der Waals surface area contributed by atoms with Gasteiger partial charge in [-0.05, 0) is 12.1 Å². The van der Waals surface area contributed by atoms with Crippen molar-refractivity contribution in [3.8, 4) is 11.3 Å². The maximum Gasteiger partial charge on any atom is 0.357 e. The molecule has 0 aliphatic heterocycles. The van der Waals surface area contributed by atoms with Crippen molar-refractivity contribution in [1.29, 1.82) is 0 Å². The normalized spacial score (nSPS) is 10.4.